The predicted molar refractivity (Wildman–Crippen MR) is 117 cm³/mol. The number of rotatable bonds is 5. The fraction of sp³-hybridized carbons (Fsp3) is 0.818. The third-order valence-electron chi connectivity index (χ3n) is 7.05. The zero-order valence-corrected chi connectivity index (χ0v) is 18.6. The molecule has 1 amide bonds. The van der Waals surface area contributed by atoms with Gasteiger partial charge in [-0.3, -0.25) is 4.79 Å². The van der Waals surface area contributed by atoms with Gasteiger partial charge in [0, 0.05) is 38.1 Å². The van der Waals surface area contributed by atoms with Gasteiger partial charge in [-0.05, 0) is 39.0 Å². The molecule has 3 fully saturated rings. The molecule has 8 nitrogen and oxygen atoms in total. The van der Waals surface area contributed by atoms with Gasteiger partial charge in [-0.1, -0.05) is 32.1 Å². The van der Waals surface area contributed by atoms with Crippen LogP contribution in [0.2, 0.25) is 0 Å². The molecule has 1 aromatic rings. The average molecular weight is 416 g/mol. The van der Waals surface area contributed by atoms with Crippen molar-refractivity contribution in [1.29, 1.82) is 0 Å². The number of aromatic nitrogens is 3. The molecule has 0 aromatic carbocycles. The zero-order chi connectivity index (χ0) is 20.9. The number of carbonyl (C=O) groups is 1. The molecule has 3 aliphatic rings. The van der Waals surface area contributed by atoms with Crippen LogP contribution in [0.5, 0.6) is 0 Å². The highest BCUT2D eigenvalue weighted by molar-refractivity contribution is 5.81. The highest BCUT2D eigenvalue weighted by Gasteiger charge is 2.32. The SMILES string of the molecule is Cc1nnc(CN=C(NC2CCCC2)NC2CCN(C(=O)C3CCCCC3)C2)n1C. The van der Waals surface area contributed by atoms with E-state index in [1.807, 2.05) is 18.5 Å². The Balaban J connectivity index is 1.36. The third-order valence-corrected chi connectivity index (χ3v) is 7.05. The summed E-state index contributed by atoms with van der Waals surface area (Å²) >= 11 is 0. The number of guanidine groups is 1. The number of amides is 1. The Kier molecular flexibility index (Phi) is 6.89. The van der Waals surface area contributed by atoms with Gasteiger partial charge in [0.2, 0.25) is 5.91 Å². The van der Waals surface area contributed by atoms with Crippen LogP contribution in [0.25, 0.3) is 0 Å². The normalized spacial score (nSPS) is 23.9. The van der Waals surface area contributed by atoms with E-state index in [2.05, 4.69) is 25.7 Å². The zero-order valence-electron chi connectivity index (χ0n) is 18.6. The summed E-state index contributed by atoms with van der Waals surface area (Å²) in [6.45, 7) is 4.08. The van der Waals surface area contributed by atoms with E-state index in [0.29, 0.717) is 18.5 Å². The second-order valence-corrected chi connectivity index (χ2v) is 9.26. The van der Waals surface area contributed by atoms with Gasteiger partial charge >= 0.3 is 0 Å². The highest BCUT2D eigenvalue weighted by Crippen LogP contribution is 2.27. The van der Waals surface area contributed by atoms with Crippen molar-refractivity contribution in [1.82, 2.24) is 30.3 Å². The number of hydrogen-bond acceptors (Lipinski definition) is 4. The molecule has 0 radical (unpaired) electrons. The molecule has 2 heterocycles. The van der Waals surface area contributed by atoms with E-state index in [9.17, 15) is 4.79 Å². The minimum atomic E-state index is 0.251. The third kappa shape index (κ3) is 5.13. The van der Waals surface area contributed by atoms with E-state index in [4.69, 9.17) is 4.99 Å². The molecule has 1 aliphatic heterocycles. The quantitative estimate of drug-likeness (QED) is 0.569. The van der Waals surface area contributed by atoms with Crippen LogP contribution in [0.15, 0.2) is 4.99 Å². The van der Waals surface area contributed by atoms with Crippen LogP contribution in [0, 0.1) is 12.8 Å². The second kappa shape index (κ2) is 9.79. The number of nitrogens with zero attached hydrogens (tertiary/aromatic N) is 5. The largest absolute Gasteiger partial charge is 0.354 e. The smallest absolute Gasteiger partial charge is 0.225 e. The van der Waals surface area contributed by atoms with Crippen LogP contribution in [0.4, 0.5) is 0 Å². The maximum absolute atomic E-state index is 12.9. The van der Waals surface area contributed by atoms with Crippen LogP contribution in [0.1, 0.15) is 75.9 Å². The molecule has 1 aromatic heterocycles. The van der Waals surface area contributed by atoms with Gasteiger partial charge in [0.25, 0.3) is 0 Å². The number of carbonyl (C=O) groups excluding carboxylic acids is 1. The van der Waals surface area contributed by atoms with Gasteiger partial charge in [-0.2, -0.15) is 0 Å². The Labute approximate surface area is 179 Å². The van der Waals surface area contributed by atoms with E-state index in [0.717, 1.165) is 50.0 Å². The lowest BCUT2D eigenvalue weighted by molar-refractivity contribution is -0.135. The highest BCUT2D eigenvalue weighted by atomic mass is 16.2. The molecule has 166 valence electrons. The molecule has 1 atom stereocenters. The minimum absolute atomic E-state index is 0.251. The van der Waals surface area contributed by atoms with Gasteiger partial charge in [0.15, 0.2) is 11.8 Å². The fourth-order valence-corrected chi connectivity index (χ4v) is 5.01. The predicted octanol–water partition coefficient (Wildman–Crippen LogP) is 2.28. The van der Waals surface area contributed by atoms with Crippen molar-refractivity contribution < 1.29 is 4.79 Å². The fourth-order valence-electron chi connectivity index (χ4n) is 5.01. The first kappa shape index (κ1) is 21.1. The Bertz CT molecular complexity index is 747. The lowest BCUT2D eigenvalue weighted by Crippen LogP contribution is -2.48. The molecule has 30 heavy (non-hydrogen) atoms. The molecule has 8 heteroatoms. The van der Waals surface area contributed by atoms with Crippen LogP contribution >= 0.6 is 0 Å². The number of hydrogen-bond donors (Lipinski definition) is 2. The first-order valence-corrected chi connectivity index (χ1v) is 11.8. The summed E-state index contributed by atoms with van der Waals surface area (Å²) in [5, 5.41) is 15.6. The van der Waals surface area contributed by atoms with Crippen LogP contribution < -0.4 is 10.6 Å². The van der Waals surface area contributed by atoms with Crippen molar-refractivity contribution in [3.8, 4) is 0 Å². The van der Waals surface area contributed by atoms with E-state index < -0.39 is 0 Å². The topological polar surface area (TPSA) is 87.4 Å². The minimum Gasteiger partial charge on any atom is -0.354 e. The van der Waals surface area contributed by atoms with Gasteiger partial charge in [0.1, 0.15) is 12.4 Å². The number of aryl methyl sites for hydroxylation is 1. The molecule has 0 bridgehead atoms. The van der Waals surface area contributed by atoms with E-state index >= 15 is 0 Å². The molecule has 2 N–H and O–H groups in total. The lowest BCUT2D eigenvalue weighted by Gasteiger charge is -2.26. The van der Waals surface area contributed by atoms with Crippen molar-refractivity contribution >= 4 is 11.9 Å². The van der Waals surface area contributed by atoms with E-state index in [1.165, 1.54) is 44.9 Å². The first-order valence-electron chi connectivity index (χ1n) is 11.8. The monoisotopic (exact) mass is 415 g/mol. The number of aliphatic imine (C=N–C) groups is 1. The van der Waals surface area contributed by atoms with E-state index in [1.54, 1.807) is 0 Å². The van der Waals surface area contributed by atoms with Crippen LogP contribution in [0.3, 0.4) is 0 Å². The summed E-state index contributed by atoms with van der Waals surface area (Å²) in [5.41, 5.74) is 0. The lowest BCUT2D eigenvalue weighted by atomic mass is 9.88. The van der Waals surface area contributed by atoms with Crippen LogP contribution in [-0.4, -0.2) is 56.7 Å². The first-order chi connectivity index (χ1) is 14.6. The van der Waals surface area contributed by atoms with Crippen molar-refractivity contribution in [2.24, 2.45) is 18.0 Å². The molecular weight excluding hydrogens is 378 g/mol. The van der Waals surface area contributed by atoms with Gasteiger partial charge in [-0.15, -0.1) is 10.2 Å². The van der Waals surface area contributed by atoms with Gasteiger partial charge < -0.3 is 20.1 Å². The van der Waals surface area contributed by atoms with Gasteiger partial charge in [-0.25, -0.2) is 4.99 Å². The van der Waals surface area contributed by atoms with Crippen molar-refractivity contribution in [2.45, 2.75) is 89.8 Å². The average Bonchev–Trinajstić information content (AvgIpc) is 3.51. The molecule has 1 unspecified atom stereocenters. The Morgan fingerprint density at radius 3 is 2.40 bits per heavy atom. The standard InChI is InChI=1S/C22H37N7O/c1-16-26-27-20(28(16)2)14-23-22(24-18-10-6-7-11-18)25-19-12-13-29(15-19)21(30)17-8-4-3-5-9-17/h17-19H,3-15H2,1-2H3,(H2,23,24,25). The summed E-state index contributed by atoms with van der Waals surface area (Å²) in [4.78, 5) is 19.8. The number of nitrogens with one attached hydrogen (secondary N) is 2. The summed E-state index contributed by atoms with van der Waals surface area (Å²) in [6.07, 6.45) is 11.8. The maximum Gasteiger partial charge on any atom is 0.225 e. The molecular formula is C22H37N7O. The summed E-state index contributed by atoms with van der Waals surface area (Å²) in [7, 11) is 1.98. The Morgan fingerprint density at radius 2 is 1.70 bits per heavy atom. The van der Waals surface area contributed by atoms with Crippen molar-refractivity contribution in [3.63, 3.8) is 0 Å². The van der Waals surface area contributed by atoms with E-state index in [-0.39, 0.29) is 12.0 Å². The van der Waals surface area contributed by atoms with Crippen molar-refractivity contribution in [2.75, 3.05) is 13.1 Å². The summed E-state index contributed by atoms with van der Waals surface area (Å²) in [6, 6.07) is 0.741. The van der Waals surface area contributed by atoms with Crippen LogP contribution in [-0.2, 0) is 18.4 Å². The van der Waals surface area contributed by atoms with Gasteiger partial charge in [0.05, 0.1) is 0 Å². The van der Waals surface area contributed by atoms with Crippen molar-refractivity contribution in [3.05, 3.63) is 11.6 Å². The summed E-state index contributed by atoms with van der Waals surface area (Å²) in [5.74, 6) is 3.23. The summed E-state index contributed by atoms with van der Waals surface area (Å²) < 4.78 is 1.98. The number of likely N-dealkylation sites (tertiary alicyclic amines) is 1. The molecule has 1 saturated heterocycles. The Hall–Kier alpha value is -2.12. The molecule has 0 spiro atoms. The Morgan fingerprint density at radius 1 is 1.00 bits per heavy atom. The molecule has 2 saturated carbocycles. The molecule has 2 aliphatic carbocycles. The maximum atomic E-state index is 12.9. The molecule has 4 rings (SSSR count). The second-order valence-electron chi connectivity index (χ2n) is 9.26.